The van der Waals surface area contributed by atoms with Crippen LogP contribution in [0.5, 0.6) is 0 Å². The standard InChI is InChI=1S/C22H34N4O2S2/c1-4-13-29-21-24-19(23-7-6-8-26-9-11-27-12-10-26)18-16-14-22(3,5-2)28-15-17(16)30-20(18)25-21/h4-15H2,1-3H3,(H,23,24,25). The van der Waals surface area contributed by atoms with Gasteiger partial charge in [-0.3, -0.25) is 4.90 Å². The van der Waals surface area contributed by atoms with E-state index in [2.05, 4.69) is 31.0 Å². The van der Waals surface area contributed by atoms with Crippen LogP contribution in [0, 0.1) is 0 Å². The highest BCUT2D eigenvalue weighted by molar-refractivity contribution is 7.99. The molecule has 1 fully saturated rings. The maximum absolute atomic E-state index is 6.19. The first kappa shape index (κ1) is 22.3. The third-order valence-corrected chi connectivity index (χ3v) is 8.20. The molecule has 4 heterocycles. The molecule has 0 radical (unpaired) electrons. The number of nitrogens with one attached hydrogen (secondary N) is 1. The van der Waals surface area contributed by atoms with Crippen molar-refractivity contribution < 1.29 is 9.47 Å². The van der Waals surface area contributed by atoms with E-state index in [0.717, 1.165) is 86.6 Å². The van der Waals surface area contributed by atoms with Gasteiger partial charge in [0.15, 0.2) is 5.16 Å². The molecule has 1 unspecified atom stereocenters. The largest absolute Gasteiger partial charge is 0.379 e. The fourth-order valence-electron chi connectivity index (χ4n) is 4.00. The molecule has 0 spiro atoms. The summed E-state index contributed by atoms with van der Waals surface area (Å²) in [5, 5.41) is 5.78. The van der Waals surface area contributed by atoms with Crippen LogP contribution >= 0.6 is 23.1 Å². The van der Waals surface area contributed by atoms with Crippen LogP contribution in [0.25, 0.3) is 10.2 Å². The predicted molar refractivity (Wildman–Crippen MR) is 126 cm³/mol. The van der Waals surface area contributed by atoms with Crippen molar-refractivity contribution in [2.75, 3.05) is 50.5 Å². The van der Waals surface area contributed by atoms with Crippen LogP contribution in [-0.2, 0) is 22.5 Å². The Morgan fingerprint density at radius 2 is 2.07 bits per heavy atom. The van der Waals surface area contributed by atoms with Gasteiger partial charge in [-0.15, -0.1) is 11.3 Å². The van der Waals surface area contributed by atoms with Gasteiger partial charge in [0.05, 0.1) is 30.8 Å². The van der Waals surface area contributed by atoms with E-state index in [9.17, 15) is 0 Å². The summed E-state index contributed by atoms with van der Waals surface area (Å²) in [4.78, 5) is 14.8. The van der Waals surface area contributed by atoms with Gasteiger partial charge in [0.2, 0.25) is 0 Å². The second-order valence-corrected chi connectivity index (χ2v) is 10.5. The molecule has 0 saturated carbocycles. The minimum Gasteiger partial charge on any atom is -0.379 e. The van der Waals surface area contributed by atoms with Crippen LogP contribution in [0.4, 0.5) is 5.82 Å². The zero-order chi connectivity index (χ0) is 21.0. The Labute approximate surface area is 188 Å². The molecule has 1 N–H and O–H groups in total. The van der Waals surface area contributed by atoms with E-state index in [4.69, 9.17) is 19.4 Å². The number of hydrogen-bond donors (Lipinski definition) is 1. The van der Waals surface area contributed by atoms with E-state index < -0.39 is 0 Å². The van der Waals surface area contributed by atoms with Crippen LogP contribution in [0.2, 0.25) is 0 Å². The lowest BCUT2D eigenvalue weighted by Crippen LogP contribution is -2.37. The summed E-state index contributed by atoms with van der Waals surface area (Å²) in [6, 6.07) is 0. The molecule has 0 amide bonds. The third kappa shape index (κ3) is 5.10. The van der Waals surface area contributed by atoms with Crippen molar-refractivity contribution in [2.24, 2.45) is 0 Å². The number of thioether (sulfide) groups is 1. The van der Waals surface area contributed by atoms with Gasteiger partial charge in [-0.25, -0.2) is 9.97 Å². The van der Waals surface area contributed by atoms with Crippen molar-refractivity contribution in [1.29, 1.82) is 0 Å². The number of anilines is 1. The van der Waals surface area contributed by atoms with Gasteiger partial charge in [-0.2, -0.15) is 0 Å². The molecule has 166 valence electrons. The second-order valence-electron chi connectivity index (χ2n) is 8.39. The first-order valence-corrected chi connectivity index (χ1v) is 13.0. The monoisotopic (exact) mass is 450 g/mol. The minimum absolute atomic E-state index is 0.0930. The summed E-state index contributed by atoms with van der Waals surface area (Å²) < 4.78 is 11.6. The number of fused-ring (bicyclic) bond motifs is 3. The number of aromatic nitrogens is 2. The summed E-state index contributed by atoms with van der Waals surface area (Å²) >= 11 is 3.54. The van der Waals surface area contributed by atoms with Gasteiger partial charge in [0, 0.05) is 36.7 Å². The van der Waals surface area contributed by atoms with Crippen molar-refractivity contribution in [1.82, 2.24) is 14.9 Å². The SMILES string of the molecule is CCCSc1nc(NCCCN2CCOCC2)c2c3c(sc2n1)COC(C)(CC)C3. The van der Waals surface area contributed by atoms with Crippen LogP contribution in [0.1, 0.15) is 50.5 Å². The Morgan fingerprint density at radius 3 is 2.83 bits per heavy atom. The van der Waals surface area contributed by atoms with Crippen LogP contribution in [0.15, 0.2) is 5.16 Å². The second kappa shape index (κ2) is 10.1. The summed E-state index contributed by atoms with van der Waals surface area (Å²) in [5.74, 6) is 2.06. The van der Waals surface area contributed by atoms with Gasteiger partial charge >= 0.3 is 0 Å². The number of ether oxygens (including phenoxy) is 2. The van der Waals surface area contributed by atoms with Crippen molar-refractivity contribution in [3.8, 4) is 0 Å². The highest BCUT2D eigenvalue weighted by Gasteiger charge is 2.33. The average Bonchev–Trinajstić information content (AvgIpc) is 3.13. The third-order valence-electron chi connectivity index (χ3n) is 6.05. The molecule has 1 saturated heterocycles. The minimum atomic E-state index is -0.0930. The molecule has 2 aromatic heterocycles. The Hall–Kier alpha value is -0.930. The molecule has 8 heteroatoms. The predicted octanol–water partition coefficient (Wildman–Crippen LogP) is 4.57. The summed E-state index contributed by atoms with van der Waals surface area (Å²) in [7, 11) is 0. The number of morpholine rings is 1. The molecule has 0 aliphatic carbocycles. The molecule has 0 bridgehead atoms. The fraction of sp³-hybridized carbons (Fsp3) is 0.727. The lowest BCUT2D eigenvalue weighted by Gasteiger charge is -2.33. The maximum atomic E-state index is 6.19. The van der Waals surface area contributed by atoms with Gasteiger partial charge in [0.1, 0.15) is 10.6 Å². The van der Waals surface area contributed by atoms with Crippen molar-refractivity contribution in [2.45, 2.75) is 63.8 Å². The first-order valence-electron chi connectivity index (χ1n) is 11.2. The Morgan fingerprint density at radius 1 is 1.23 bits per heavy atom. The van der Waals surface area contributed by atoms with Crippen molar-refractivity contribution >= 4 is 39.1 Å². The quantitative estimate of drug-likeness (QED) is 0.341. The molecule has 1 atom stereocenters. The number of rotatable bonds is 9. The lowest BCUT2D eigenvalue weighted by atomic mass is 9.90. The van der Waals surface area contributed by atoms with Gasteiger partial charge < -0.3 is 14.8 Å². The average molecular weight is 451 g/mol. The molecule has 0 aromatic carbocycles. The van der Waals surface area contributed by atoms with Gasteiger partial charge in [-0.05, 0) is 38.3 Å². The summed E-state index contributed by atoms with van der Waals surface area (Å²) in [6.45, 7) is 13.2. The Kier molecular flexibility index (Phi) is 7.52. The first-order chi connectivity index (χ1) is 14.6. The zero-order valence-corrected chi connectivity index (χ0v) is 20.1. The van der Waals surface area contributed by atoms with Crippen molar-refractivity contribution in [3.63, 3.8) is 0 Å². The zero-order valence-electron chi connectivity index (χ0n) is 18.5. The number of thiophene rings is 1. The highest BCUT2D eigenvalue weighted by atomic mass is 32.2. The molecule has 2 aliphatic heterocycles. The lowest BCUT2D eigenvalue weighted by molar-refractivity contribution is -0.0542. The van der Waals surface area contributed by atoms with Crippen LogP contribution in [0.3, 0.4) is 0 Å². The molecule has 30 heavy (non-hydrogen) atoms. The van der Waals surface area contributed by atoms with E-state index >= 15 is 0 Å². The van der Waals surface area contributed by atoms with E-state index in [-0.39, 0.29) is 5.60 Å². The van der Waals surface area contributed by atoms with E-state index in [1.807, 2.05) is 0 Å². The summed E-state index contributed by atoms with van der Waals surface area (Å²) in [6.07, 6.45) is 4.17. The molecular formula is C22H34N4O2S2. The fourth-order valence-corrected chi connectivity index (χ4v) is 5.86. The van der Waals surface area contributed by atoms with Crippen LogP contribution < -0.4 is 5.32 Å². The molecule has 2 aliphatic rings. The van der Waals surface area contributed by atoms with E-state index in [0.29, 0.717) is 6.61 Å². The normalized spacial score (nSPS) is 22.4. The smallest absolute Gasteiger partial charge is 0.190 e. The summed E-state index contributed by atoms with van der Waals surface area (Å²) in [5.41, 5.74) is 1.30. The highest BCUT2D eigenvalue weighted by Crippen LogP contribution is 2.42. The van der Waals surface area contributed by atoms with Crippen molar-refractivity contribution in [3.05, 3.63) is 10.4 Å². The maximum Gasteiger partial charge on any atom is 0.190 e. The number of hydrogen-bond acceptors (Lipinski definition) is 8. The number of nitrogens with zero attached hydrogens (tertiary/aromatic N) is 3. The van der Waals surface area contributed by atoms with Gasteiger partial charge in [-0.1, -0.05) is 25.6 Å². The molecule has 2 aromatic rings. The Bertz CT molecular complexity index is 853. The topological polar surface area (TPSA) is 59.5 Å². The Balaban J connectivity index is 1.54. The van der Waals surface area contributed by atoms with Crippen LogP contribution in [-0.4, -0.2) is 65.6 Å². The van der Waals surface area contributed by atoms with E-state index in [1.165, 1.54) is 15.8 Å². The van der Waals surface area contributed by atoms with Gasteiger partial charge in [0.25, 0.3) is 0 Å². The van der Waals surface area contributed by atoms with E-state index in [1.54, 1.807) is 23.1 Å². The molecule has 4 rings (SSSR count). The molecular weight excluding hydrogens is 416 g/mol. The molecule has 6 nitrogen and oxygen atoms in total.